The number of ether oxygens (including phenoxy) is 1. The first-order valence-electron chi connectivity index (χ1n) is 8.12. The molecule has 0 aliphatic carbocycles. The summed E-state index contributed by atoms with van der Waals surface area (Å²) in [4.78, 5) is 27.8. The van der Waals surface area contributed by atoms with Crippen molar-refractivity contribution in [2.75, 3.05) is 6.61 Å². The molecule has 0 fully saturated rings. The minimum absolute atomic E-state index is 0.0335. The third-order valence-corrected chi connectivity index (χ3v) is 4.48. The van der Waals surface area contributed by atoms with E-state index in [0.717, 1.165) is 0 Å². The molecule has 4 nitrogen and oxygen atoms in total. The Hall–Kier alpha value is -2.79. The van der Waals surface area contributed by atoms with Gasteiger partial charge in [0.05, 0.1) is 12.0 Å². The monoisotopic (exact) mass is 407 g/mol. The first kappa shape index (κ1) is 21.5. The summed E-state index contributed by atoms with van der Waals surface area (Å²) in [6.07, 6.45) is -0.232. The van der Waals surface area contributed by atoms with Gasteiger partial charge in [0.2, 0.25) is 0 Å². The molecule has 28 heavy (non-hydrogen) atoms. The molecular weight excluding hydrogens is 391 g/mol. The lowest BCUT2D eigenvalue weighted by Gasteiger charge is -2.16. The quantitative estimate of drug-likeness (QED) is 0.267. The van der Waals surface area contributed by atoms with Crippen LogP contribution in [-0.2, 0) is 4.74 Å². The summed E-state index contributed by atoms with van der Waals surface area (Å²) in [5.41, 5.74) is -5.16. The molecule has 8 heteroatoms. The van der Waals surface area contributed by atoms with Gasteiger partial charge in [0.1, 0.15) is 0 Å². The molecule has 1 atom stereocenters. The van der Waals surface area contributed by atoms with Gasteiger partial charge in [0.15, 0.2) is 12.4 Å². The third-order valence-electron chi connectivity index (χ3n) is 3.74. The normalized spacial score (nSPS) is 13.2. The maximum Gasteiger partial charge on any atom is 0.446 e. The van der Waals surface area contributed by atoms with Crippen LogP contribution >= 0.6 is 11.8 Å². The maximum absolute atomic E-state index is 12.4. The van der Waals surface area contributed by atoms with Crippen molar-refractivity contribution in [1.29, 1.82) is 0 Å². The number of hydrogen-bond donors (Lipinski definition) is 0. The summed E-state index contributed by atoms with van der Waals surface area (Å²) >= 11 is -0.269. The molecule has 2 aromatic carbocycles. The summed E-state index contributed by atoms with van der Waals surface area (Å²) in [5, 5.41) is 0. The molecule has 2 aromatic rings. The topological polar surface area (TPSA) is 47.7 Å². The van der Waals surface area contributed by atoms with Crippen molar-refractivity contribution >= 4 is 23.5 Å². The van der Waals surface area contributed by atoms with Gasteiger partial charge in [-0.25, -0.2) is 11.4 Å². The van der Waals surface area contributed by atoms with E-state index in [1.807, 2.05) is 0 Å². The SMILES string of the molecule is [C-]#[N+]C(C)(COC(=O)c1ccccc1)CC(=O)c1ccc(SC(F)(F)F)cc1. The van der Waals surface area contributed by atoms with E-state index >= 15 is 0 Å². The molecule has 1 unspecified atom stereocenters. The number of hydrogen-bond acceptors (Lipinski definition) is 4. The van der Waals surface area contributed by atoms with E-state index in [0.29, 0.717) is 5.56 Å². The molecule has 0 saturated heterocycles. The number of nitrogens with zero attached hydrogens (tertiary/aromatic N) is 1. The fraction of sp³-hybridized carbons (Fsp3) is 0.250. The molecule has 0 bridgehead atoms. The van der Waals surface area contributed by atoms with E-state index in [1.54, 1.807) is 30.3 Å². The molecular formula is C20H16F3NO3S. The molecule has 0 N–H and O–H groups in total. The molecule has 0 spiro atoms. The fourth-order valence-corrected chi connectivity index (χ4v) is 2.83. The Morgan fingerprint density at radius 3 is 2.18 bits per heavy atom. The van der Waals surface area contributed by atoms with E-state index < -0.39 is 22.8 Å². The number of alkyl halides is 3. The second kappa shape index (κ2) is 8.93. The van der Waals surface area contributed by atoms with Gasteiger partial charge in [0, 0.05) is 17.4 Å². The van der Waals surface area contributed by atoms with Gasteiger partial charge < -0.3 is 9.58 Å². The first-order valence-corrected chi connectivity index (χ1v) is 8.93. The van der Waals surface area contributed by atoms with Gasteiger partial charge in [0.25, 0.3) is 5.54 Å². The van der Waals surface area contributed by atoms with Crippen LogP contribution in [0.3, 0.4) is 0 Å². The summed E-state index contributed by atoms with van der Waals surface area (Å²) in [7, 11) is 0. The number of halogens is 3. The number of carbonyl (C=O) groups is 2. The third kappa shape index (κ3) is 6.43. The maximum atomic E-state index is 12.4. The largest absolute Gasteiger partial charge is 0.453 e. The molecule has 146 valence electrons. The zero-order valence-electron chi connectivity index (χ0n) is 14.8. The lowest BCUT2D eigenvalue weighted by atomic mass is 9.94. The Bertz CT molecular complexity index is 876. The van der Waals surface area contributed by atoms with Crippen molar-refractivity contribution < 1.29 is 27.5 Å². The van der Waals surface area contributed by atoms with E-state index in [-0.39, 0.29) is 35.2 Å². The number of ketones is 1. The smallest absolute Gasteiger partial charge is 0.446 e. The molecule has 0 saturated carbocycles. The van der Waals surface area contributed by atoms with Gasteiger partial charge >= 0.3 is 11.5 Å². The van der Waals surface area contributed by atoms with Crippen molar-refractivity contribution in [1.82, 2.24) is 0 Å². The minimum atomic E-state index is -4.41. The van der Waals surface area contributed by atoms with Gasteiger partial charge in [-0.3, -0.25) is 4.79 Å². The van der Waals surface area contributed by atoms with Crippen LogP contribution in [0.1, 0.15) is 34.1 Å². The van der Waals surface area contributed by atoms with Crippen LogP contribution in [0.4, 0.5) is 13.2 Å². The number of benzene rings is 2. The fourth-order valence-electron chi connectivity index (χ4n) is 2.29. The Morgan fingerprint density at radius 1 is 1.04 bits per heavy atom. The summed E-state index contributed by atoms with van der Waals surface area (Å²) in [5.74, 6) is -1.02. The highest BCUT2D eigenvalue weighted by molar-refractivity contribution is 8.00. The predicted molar refractivity (Wildman–Crippen MR) is 99.0 cm³/mol. The van der Waals surface area contributed by atoms with E-state index in [4.69, 9.17) is 11.3 Å². The van der Waals surface area contributed by atoms with Crippen LogP contribution in [-0.4, -0.2) is 29.4 Å². The number of thioether (sulfide) groups is 1. The lowest BCUT2D eigenvalue weighted by molar-refractivity contribution is -0.0328. The number of carbonyl (C=O) groups excluding carboxylic acids is 2. The van der Waals surface area contributed by atoms with Crippen LogP contribution in [0.25, 0.3) is 4.85 Å². The zero-order valence-corrected chi connectivity index (χ0v) is 15.6. The van der Waals surface area contributed by atoms with Crippen LogP contribution in [0, 0.1) is 6.57 Å². The van der Waals surface area contributed by atoms with Gasteiger partial charge in [-0.2, -0.15) is 13.2 Å². The average molecular weight is 407 g/mol. The average Bonchev–Trinajstić information content (AvgIpc) is 2.66. The van der Waals surface area contributed by atoms with Crippen molar-refractivity contribution in [2.45, 2.75) is 29.3 Å². The Morgan fingerprint density at radius 2 is 1.64 bits per heavy atom. The molecule has 2 rings (SSSR count). The van der Waals surface area contributed by atoms with Crippen LogP contribution < -0.4 is 0 Å². The van der Waals surface area contributed by atoms with Gasteiger partial charge in [-0.05, 0) is 36.0 Å². The zero-order chi connectivity index (χ0) is 20.8. The first-order chi connectivity index (χ1) is 13.1. The highest BCUT2D eigenvalue weighted by Crippen LogP contribution is 2.36. The van der Waals surface area contributed by atoms with E-state index in [9.17, 15) is 22.8 Å². The lowest BCUT2D eigenvalue weighted by Crippen LogP contribution is -2.31. The standard InChI is InChI=1S/C20H16F3NO3S/c1-19(24-2,13-27-18(26)15-6-4-3-5-7-15)12-17(25)14-8-10-16(11-9-14)28-20(21,22)23/h3-11H,12-13H2,1H3. The summed E-state index contributed by atoms with van der Waals surface area (Å²) < 4.78 is 42.2. The van der Waals surface area contributed by atoms with Gasteiger partial charge in [-0.1, -0.05) is 30.3 Å². The summed E-state index contributed by atoms with van der Waals surface area (Å²) in [6.45, 7) is 8.56. The van der Waals surface area contributed by atoms with Crippen LogP contribution in [0.5, 0.6) is 0 Å². The number of esters is 1. The Labute approximate surface area is 164 Å². The van der Waals surface area contributed by atoms with Gasteiger partial charge in [-0.15, -0.1) is 0 Å². The Kier molecular flexibility index (Phi) is 6.86. The molecule has 0 amide bonds. The second-order valence-electron chi connectivity index (χ2n) is 6.22. The highest BCUT2D eigenvalue weighted by atomic mass is 32.2. The van der Waals surface area contributed by atoms with Crippen LogP contribution in [0.15, 0.2) is 59.5 Å². The molecule has 0 aliphatic rings. The van der Waals surface area contributed by atoms with E-state index in [2.05, 4.69) is 4.85 Å². The predicted octanol–water partition coefficient (Wildman–Crippen LogP) is 5.41. The minimum Gasteiger partial charge on any atom is -0.453 e. The number of Topliss-reactive ketones (excluding diaryl/α,β-unsaturated/α-hetero) is 1. The molecule has 0 heterocycles. The number of rotatable bonds is 7. The van der Waals surface area contributed by atoms with Crippen molar-refractivity contribution in [3.8, 4) is 0 Å². The van der Waals surface area contributed by atoms with E-state index in [1.165, 1.54) is 31.2 Å². The highest BCUT2D eigenvalue weighted by Gasteiger charge is 2.36. The summed E-state index contributed by atoms with van der Waals surface area (Å²) in [6, 6.07) is 13.2. The van der Waals surface area contributed by atoms with Crippen molar-refractivity contribution in [2.24, 2.45) is 0 Å². The molecule has 0 aromatic heterocycles. The van der Waals surface area contributed by atoms with Crippen molar-refractivity contribution in [3.05, 3.63) is 77.1 Å². The van der Waals surface area contributed by atoms with Crippen LogP contribution in [0.2, 0.25) is 0 Å². The van der Waals surface area contributed by atoms with Crippen molar-refractivity contribution in [3.63, 3.8) is 0 Å². The Balaban J connectivity index is 1.99. The molecule has 0 aliphatic heterocycles. The second-order valence-corrected chi connectivity index (χ2v) is 7.36. The molecule has 0 radical (unpaired) electrons.